The average Bonchev–Trinajstić information content (AvgIpc) is 3.33. The lowest BCUT2D eigenvalue weighted by Gasteiger charge is -2.54. The van der Waals surface area contributed by atoms with Crippen LogP contribution in [0.15, 0.2) is 42.0 Å². The second kappa shape index (κ2) is 8.07. The molecular formula is C26H32N4O2. The number of H-pyrrole nitrogens is 1. The highest BCUT2D eigenvalue weighted by Gasteiger charge is 2.47. The number of fused-ring (bicyclic) bond motifs is 6. The van der Waals surface area contributed by atoms with Gasteiger partial charge < -0.3 is 9.64 Å². The van der Waals surface area contributed by atoms with Gasteiger partial charge >= 0.3 is 0 Å². The van der Waals surface area contributed by atoms with Crippen LogP contribution in [-0.4, -0.2) is 64.7 Å². The van der Waals surface area contributed by atoms with E-state index < -0.39 is 0 Å². The fraction of sp³-hybridized carbons (Fsp3) is 0.538. The highest BCUT2D eigenvalue weighted by molar-refractivity contribution is 5.94. The first-order valence-electron chi connectivity index (χ1n) is 12.2. The van der Waals surface area contributed by atoms with Gasteiger partial charge in [-0.1, -0.05) is 30.2 Å². The molecule has 2 aromatic rings. The largest absolute Gasteiger partial charge is 0.496 e. The van der Waals surface area contributed by atoms with Crippen LogP contribution < -0.4 is 4.74 Å². The van der Waals surface area contributed by atoms with Crippen LogP contribution in [0, 0.1) is 11.8 Å². The number of amides is 1. The molecule has 1 aromatic heterocycles. The zero-order valence-corrected chi connectivity index (χ0v) is 18.8. The van der Waals surface area contributed by atoms with Gasteiger partial charge in [0.05, 0.1) is 18.8 Å². The summed E-state index contributed by atoms with van der Waals surface area (Å²) in [6.07, 6.45) is 10.0. The number of hydrogen-bond donors (Lipinski definition) is 1. The molecule has 1 amide bonds. The topological polar surface area (TPSA) is 61.5 Å². The zero-order valence-electron chi connectivity index (χ0n) is 18.8. The molecule has 3 saturated heterocycles. The Bertz CT molecular complexity index is 1040. The summed E-state index contributed by atoms with van der Waals surface area (Å²) in [5.41, 5.74) is 3.73. The monoisotopic (exact) mass is 432 g/mol. The van der Waals surface area contributed by atoms with Gasteiger partial charge in [0.25, 0.3) is 5.91 Å². The first-order valence-corrected chi connectivity index (χ1v) is 12.2. The van der Waals surface area contributed by atoms with Gasteiger partial charge in [-0.15, -0.1) is 0 Å². The number of methoxy groups -OCH3 is 1. The number of nitrogens with zero attached hydrogens (tertiary/aromatic N) is 3. The van der Waals surface area contributed by atoms with E-state index in [4.69, 9.17) is 4.74 Å². The van der Waals surface area contributed by atoms with E-state index >= 15 is 0 Å². The van der Waals surface area contributed by atoms with E-state index in [9.17, 15) is 4.79 Å². The van der Waals surface area contributed by atoms with Crippen molar-refractivity contribution in [2.45, 2.75) is 50.6 Å². The van der Waals surface area contributed by atoms with Gasteiger partial charge in [0.1, 0.15) is 11.4 Å². The molecule has 0 saturated carbocycles. The molecule has 6 nitrogen and oxygen atoms in total. The Labute approximate surface area is 189 Å². The number of ether oxygens (including phenoxy) is 1. The minimum absolute atomic E-state index is 0.0773. The molecule has 6 heteroatoms. The Morgan fingerprint density at radius 2 is 2.09 bits per heavy atom. The van der Waals surface area contributed by atoms with Crippen LogP contribution in [0.1, 0.15) is 49.0 Å². The van der Waals surface area contributed by atoms with Gasteiger partial charge in [0.2, 0.25) is 0 Å². The van der Waals surface area contributed by atoms with Crippen molar-refractivity contribution in [2.75, 3.05) is 26.7 Å². The number of para-hydroxylation sites is 1. The summed E-state index contributed by atoms with van der Waals surface area (Å²) >= 11 is 0. The van der Waals surface area contributed by atoms with Crippen molar-refractivity contribution in [1.82, 2.24) is 20.0 Å². The lowest BCUT2D eigenvalue weighted by molar-refractivity contribution is 0.00131. The van der Waals surface area contributed by atoms with Crippen LogP contribution in [0.4, 0.5) is 0 Å². The fourth-order valence-corrected chi connectivity index (χ4v) is 6.78. The number of aromatic amines is 1. The normalized spacial score (nSPS) is 29.7. The van der Waals surface area contributed by atoms with E-state index in [1.807, 2.05) is 30.3 Å². The smallest absolute Gasteiger partial charge is 0.272 e. The van der Waals surface area contributed by atoms with Crippen LogP contribution >= 0.6 is 0 Å². The standard InChI is InChI=1S/C26H32N4O2/c1-32-24-10-3-2-8-20(24)21-15-22(28-27-21)26(31)30-12-6-7-17-13-18-14-19(25(17)30)16-29-11-5-4-9-23(18)29/h2-3,8,10,13,15,18-19,23,25H,4-7,9,11-12,14,16H2,1H3,(H,27,28)/t18-,19-,23-,25+/m0/s1. The number of rotatable bonds is 3. The lowest BCUT2D eigenvalue weighted by atomic mass is 9.68. The minimum Gasteiger partial charge on any atom is -0.496 e. The molecule has 1 aliphatic carbocycles. The Kier molecular flexibility index (Phi) is 5.05. The van der Waals surface area contributed by atoms with Gasteiger partial charge in [-0.25, -0.2) is 0 Å². The Morgan fingerprint density at radius 1 is 1.19 bits per heavy atom. The number of hydrogen-bond acceptors (Lipinski definition) is 4. The maximum Gasteiger partial charge on any atom is 0.272 e. The molecule has 4 aliphatic rings. The van der Waals surface area contributed by atoms with Crippen molar-refractivity contribution in [2.24, 2.45) is 11.8 Å². The molecule has 1 N–H and O–H groups in total. The molecule has 1 aromatic carbocycles. The molecule has 6 rings (SSSR count). The van der Waals surface area contributed by atoms with Crippen LogP contribution in [0.3, 0.4) is 0 Å². The second-order valence-electron chi connectivity index (χ2n) is 9.87. The number of piperidine rings is 3. The van der Waals surface area contributed by atoms with Gasteiger partial charge in [-0.3, -0.25) is 14.8 Å². The van der Waals surface area contributed by atoms with Crippen LogP contribution in [0.2, 0.25) is 0 Å². The van der Waals surface area contributed by atoms with E-state index in [2.05, 4.69) is 26.1 Å². The number of benzene rings is 1. The molecule has 168 valence electrons. The van der Waals surface area contributed by atoms with Gasteiger partial charge in [0, 0.05) is 24.7 Å². The summed E-state index contributed by atoms with van der Waals surface area (Å²) in [5.74, 6) is 2.07. The fourth-order valence-electron chi connectivity index (χ4n) is 6.78. The second-order valence-corrected chi connectivity index (χ2v) is 9.87. The molecule has 3 fully saturated rings. The van der Waals surface area contributed by atoms with E-state index in [1.54, 1.807) is 7.11 Å². The maximum atomic E-state index is 13.7. The summed E-state index contributed by atoms with van der Waals surface area (Å²) in [6, 6.07) is 10.7. The summed E-state index contributed by atoms with van der Waals surface area (Å²) < 4.78 is 5.48. The summed E-state index contributed by atoms with van der Waals surface area (Å²) in [4.78, 5) is 18.5. The molecule has 0 radical (unpaired) electrons. The molecule has 32 heavy (non-hydrogen) atoms. The maximum absolute atomic E-state index is 13.7. The quantitative estimate of drug-likeness (QED) is 0.741. The first-order chi connectivity index (χ1) is 15.7. The summed E-state index contributed by atoms with van der Waals surface area (Å²) in [5, 5.41) is 7.48. The number of carbonyl (C=O) groups is 1. The average molecular weight is 433 g/mol. The number of nitrogens with one attached hydrogen (secondary N) is 1. The van der Waals surface area contributed by atoms with Crippen molar-refractivity contribution >= 4 is 5.91 Å². The van der Waals surface area contributed by atoms with Gasteiger partial charge in [-0.2, -0.15) is 5.10 Å². The van der Waals surface area contributed by atoms with Crippen LogP contribution in [-0.2, 0) is 0 Å². The summed E-state index contributed by atoms with van der Waals surface area (Å²) in [7, 11) is 1.66. The number of likely N-dealkylation sites (tertiary alicyclic amines) is 1. The third kappa shape index (κ3) is 3.27. The number of carbonyl (C=O) groups excluding carboxylic acids is 1. The molecule has 4 heterocycles. The van der Waals surface area contributed by atoms with E-state index in [-0.39, 0.29) is 11.9 Å². The number of aromatic nitrogens is 2. The molecule has 0 unspecified atom stereocenters. The van der Waals surface area contributed by atoms with Crippen LogP contribution in [0.25, 0.3) is 11.3 Å². The van der Waals surface area contributed by atoms with Crippen molar-refractivity contribution in [1.29, 1.82) is 0 Å². The molecule has 4 atom stereocenters. The predicted octanol–water partition coefficient (Wildman–Crippen LogP) is 4.12. The Hall–Kier alpha value is -2.60. The first kappa shape index (κ1) is 20.0. The highest BCUT2D eigenvalue weighted by atomic mass is 16.5. The third-order valence-corrected chi connectivity index (χ3v) is 8.11. The van der Waals surface area contributed by atoms with Crippen molar-refractivity contribution < 1.29 is 9.53 Å². The van der Waals surface area contributed by atoms with Crippen molar-refractivity contribution in [3.8, 4) is 17.0 Å². The molecule has 2 bridgehead atoms. The van der Waals surface area contributed by atoms with Gasteiger partial charge in [-0.05, 0) is 68.7 Å². The van der Waals surface area contributed by atoms with E-state index in [0.29, 0.717) is 17.5 Å². The summed E-state index contributed by atoms with van der Waals surface area (Å²) in [6.45, 7) is 3.20. The zero-order chi connectivity index (χ0) is 21.7. The third-order valence-electron chi connectivity index (χ3n) is 8.11. The minimum atomic E-state index is 0.0773. The van der Waals surface area contributed by atoms with Crippen LogP contribution in [0.5, 0.6) is 5.75 Å². The SMILES string of the molecule is COc1ccccc1-c1cc(C(=O)N2CCCC3=C[C@H]4C[C@@H](CN5CCCC[C@@H]45)[C@@H]32)[nH]n1. The van der Waals surface area contributed by atoms with E-state index in [1.165, 1.54) is 37.8 Å². The van der Waals surface area contributed by atoms with Gasteiger partial charge in [0.15, 0.2) is 0 Å². The Morgan fingerprint density at radius 3 is 3.00 bits per heavy atom. The van der Waals surface area contributed by atoms with E-state index in [0.717, 1.165) is 49.0 Å². The molecule has 0 spiro atoms. The lowest BCUT2D eigenvalue weighted by Crippen LogP contribution is -2.60. The highest BCUT2D eigenvalue weighted by Crippen LogP contribution is 2.45. The predicted molar refractivity (Wildman–Crippen MR) is 124 cm³/mol. The molecular weight excluding hydrogens is 400 g/mol. The molecule has 3 aliphatic heterocycles. The Balaban J connectivity index is 1.28. The van der Waals surface area contributed by atoms with Crippen molar-refractivity contribution in [3.63, 3.8) is 0 Å². The van der Waals surface area contributed by atoms with Crippen molar-refractivity contribution in [3.05, 3.63) is 47.7 Å².